The average molecular weight is 391 g/mol. The molecule has 0 saturated carbocycles. The third-order valence-corrected chi connectivity index (χ3v) is 4.25. The van der Waals surface area contributed by atoms with Gasteiger partial charge in [-0.3, -0.25) is 4.98 Å². The molecule has 0 radical (unpaired) electrons. The quantitative estimate of drug-likeness (QED) is 0.627. The van der Waals surface area contributed by atoms with Crippen LogP contribution >= 0.6 is 0 Å². The second-order valence-corrected chi connectivity index (χ2v) is 6.55. The van der Waals surface area contributed by atoms with E-state index in [4.69, 9.17) is 9.53 Å². The van der Waals surface area contributed by atoms with Crippen LogP contribution in [0, 0.1) is 13.8 Å². The van der Waals surface area contributed by atoms with Gasteiger partial charge in [-0.05, 0) is 39.8 Å². The molecule has 3 aromatic rings. The van der Waals surface area contributed by atoms with Gasteiger partial charge in [0.25, 0.3) is 0 Å². The Bertz CT molecular complexity index is 933. The lowest BCUT2D eigenvalue weighted by Crippen LogP contribution is -2.27. The maximum Gasteiger partial charge on any atom is 0.483 e. The zero-order chi connectivity index (χ0) is 20.9. The minimum absolute atomic E-state index is 0.360. The number of nitrogens with one attached hydrogen (secondary N) is 1. The van der Waals surface area contributed by atoms with Crippen molar-refractivity contribution in [3.8, 4) is 5.75 Å². The molecule has 0 aliphatic carbocycles. The molecule has 28 heavy (non-hydrogen) atoms. The Balaban J connectivity index is 0.000000640. The van der Waals surface area contributed by atoms with Crippen molar-refractivity contribution < 1.29 is 23.4 Å². The Kier molecular flexibility index (Phi) is 6.80. The van der Waals surface area contributed by atoms with Gasteiger partial charge in [0.05, 0.1) is 23.3 Å². The monoisotopic (exact) mass is 391 g/mol. The average Bonchev–Trinajstić information content (AvgIpc) is 3.06. The van der Waals surface area contributed by atoms with Crippen molar-refractivity contribution in [1.82, 2.24) is 15.0 Å². The molecule has 1 unspecified atom stereocenters. The summed E-state index contributed by atoms with van der Waals surface area (Å²) >= 11 is 0. The van der Waals surface area contributed by atoms with Crippen molar-refractivity contribution in [2.45, 2.75) is 39.7 Å². The number of halogens is 2. The number of H-pyrrole nitrogens is 1. The molecule has 0 spiro atoms. The number of carbonyl (C=O) groups excluding carboxylic acids is 1. The van der Waals surface area contributed by atoms with E-state index in [-0.39, 0.29) is 0 Å². The molecule has 2 aromatic heterocycles. The maximum absolute atomic E-state index is 11.0. The van der Waals surface area contributed by atoms with Gasteiger partial charge >= 0.3 is 6.29 Å². The first-order valence-corrected chi connectivity index (χ1v) is 8.76. The van der Waals surface area contributed by atoms with Crippen LogP contribution in [-0.4, -0.2) is 33.0 Å². The number of benzene rings is 1. The summed E-state index contributed by atoms with van der Waals surface area (Å²) in [6, 6.07) is 7.75. The fraction of sp³-hybridized carbons (Fsp3) is 0.350. The summed E-state index contributed by atoms with van der Waals surface area (Å²) < 4.78 is 25.1. The number of carbonyl (C=O) groups is 1. The summed E-state index contributed by atoms with van der Waals surface area (Å²) in [6.07, 6.45) is -0.680. The van der Waals surface area contributed by atoms with Crippen LogP contribution in [-0.2, 0) is 12.0 Å². The number of hydrogen-bond donors (Lipinski definition) is 2. The molecular weight excluding hydrogens is 368 g/mol. The highest BCUT2D eigenvalue weighted by Crippen LogP contribution is 2.30. The van der Waals surface area contributed by atoms with E-state index in [1.807, 2.05) is 45.0 Å². The van der Waals surface area contributed by atoms with E-state index in [0.29, 0.717) is 18.9 Å². The number of nitrogens with zero attached hydrogens (tertiary/aromatic N) is 2. The van der Waals surface area contributed by atoms with Crippen molar-refractivity contribution in [3.63, 3.8) is 0 Å². The van der Waals surface area contributed by atoms with Crippen molar-refractivity contribution in [1.29, 1.82) is 0 Å². The molecule has 1 aromatic carbocycles. The fourth-order valence-corrected chi connectivity index (χ4v) is 2.92. The summed E-state index contributed by atoms with van der Waals surface area (Å²) in [6.45, 7) is 8.28. The van der Waals surface area contributed by atoms with Gasteiger partial charge in [0.1, 0.15) is 17.2 Å². The first kappa shape index (κ1) is 21.4. The second kappa shape index (κ2) is 8.88. The Morgan fingerprint density at radius 2 is 1.93 bits per heavy atom. The molecule has 0 aliphatic rings. The van der Waals surface area contributed by atoms with E-state index >= 15 is 0 Å². The lowest BCUT2D eigenvalue weighted by molar-refractivity contribution is 0.0480. The minimum Gasteiger partial charge on any atom is -0.493 e. The first-order chi connectivity index (χ1) is 13.2. The smallest absolute Gasteiger partial charge is 0.483 e. The standard InChI is InChI=1S/C19H23N3O2.CF2O/c1-5-24-17-12(2)11-20-16(13(17)3)10-19(4,23)18-21-14-8-6-7-9-15(14)22-18;2-1(3)4/h6-9,11,23H,5,10H2,1-4H3,(H,21,22);. The summed E-state index contributed by atoms with van der Waals surface area (Å²) in [4.78, 5) is 20.3. The molecule has 1 atom stereocenters. The highest BCUT2D eigenvalue weighted by atomic mass is 19.3. The Morgan fingerprint density at radius 1 is 1.29 bits per heavy atom. The molecule has 0 bridgehead atoms. The van der Waals surface area contributed by atoms with Crippen LogP contribution in [0.5, 0.6) is 5.75 Å². The van der Waals surface area contributed by atoms with Crippen LogP contribution in [0.25, 0.3) is 11.0 Å². The lowest BCUT2D eigenvalue weighted by atomic mass is 9.96. The van der Waals surface area contributed by atoms with Crippen LogP contribution in [0.1, 0.15) is 36.5 Å². The van der Waals surface area contributed by atoms with Crippen LogP contribution in [0.15, 0.2) is 30.5 Å². The van der Waals surface area contributed by atoms with Gasteiger partial charge in [0.15, 0.2) is 0 Å². The van der Waals surface area contributed by atoms with Crippen LogP contribution in [0.3, 0.4) is 0 Å². The topological polar surface area (TPSA) is 88.1 Å². The van der Waals surface area contributed by atoms with E-state index in [1.165, 1.54) is 0 Å². The van der Waals surface area contributed by atoms with Gasteiger partial charge < -0.3 is 14.8 Å². The molecule has 150 valence electrons. The lowest BCUT2D eigenvalue weighted by Gasteiger charge is -2.22. The number of fused-ring (bicyclic) bond motifs is 1. The molecule has 2 heterocycles. The largest absolute Gasteiger partial charge is 0.493 e. The number of rotatable bonds is 5. The summed E-state index contributed by atoms with van der Waals surface area (Å²) in [5, 5.41) is 11.0. The Morgan fingerprint density at radius 3 is 2.54 bits per heavy atom. The summed E-state index contributed by atoms with van der Waals surface area (Å²) in [7, 11) is 0. The van der Waals surface area contributed by atoms with Gasteiger partial charge in [-0.2, -0.15) is 0 Å². The van der Waals surface area contributed by atoms with Gasteiger partial charge in [-0.25, -0.2) is 9.78 Å². The predicted octanol–water partition coefficient (Wildman–Crippen LogP) is 4.47. The number of aryl methyl sites for hydroxylation is 1. The van der Waals surface area contributed by atoms with E-state index in [0.717, 1.165) is 33.6 Å². The number of aromatic amines is 1. The van der Waals surface area contributed by atoms with Crippen molar-refractivity contribution in [2.75, 3.05) is 6.61 Å². The van der Waals surface area contributed by atoms with Gasteiger partial charge in [-0.1, -0.05) is 12.1 Å². The number of pyridine rings is 1. The molecule has 3 rings (SSSR count). The fourth-order valence-electron chi connectivity index (χ4n) is 2.92. The van der Waals surface area contributed by atoms with E-state index in [1.54, 1.807) is 13.1 Å². The van der Waals surface area contributed by atoms with Crippen LogP contribution in [0.2, 0.25) is 0 Å². The number of aromatic nitrogens is 3. The molecule has 2 N–H and O–H groups in total. The first-order valence-electron chi connectivity index (χ1n) is 8.76. The third kappa shape index (κ3) is 5.10. The third-order valence-electron chi connectivity index (χ3n) is 4.25. The Hall–Kier alpha value is -2.87. The molecular formula is C20H23F2N3O3. The molecule has 0 fully saturated rings. The minimum atomic E-state index is -2.83. The van der Waals surface area contributed by atoms with Gasteiger partial charge in [-0.15, -0.1) is 8.78 Å². The van der Waals surface area contributed by atoms with Crippen molar-refractivity contribution in [2.24, 2.45) is 0 Å². The number of aliphatic hydroxyl groups is 1. The predicted molar refractivity (Wildman–Crippen MR) is 102 cm³/mol. The van der Waals surface area contributed by atoms with Gasteiger partial charge in [0.2, 0.25) is 0 Å². The summed E-state index contributed by atoms with van der Waals surface area (Å²) in [5.41, 5.74) is 3.40. The van der Waals surface area contributed by atoms with Crippen LogP contribution < -0.4 is 4.74 Å². The number of imidazole rings is 1. The van der Waals surface area contributed by atoms with Crippen molar-refractivity contribution >= 4 is 17.3 Å². The van der Waals surface area contributed by atoms with E-state index < -0.39 is 11.9 Å². The molecule has 0 amide bonds. The molecule has 6 nitrogen and oxygen atoms in total. The molecule has 8 heteroatoms. The van der Waals surface area contributed by atoms with E-state index in [2.05, 4.69) is 15.0 Å². The van der Waals surface area contributed by atoms with E-state index in [9.17, 15) is 13.9 Å². The maximum atomic E-state index is 11.0. The zero-order valence-corrected chi connectivity index (χ0v) is 16.2. The number of para-hydroxylation sites is 2. The zero-order valence-electron chi connectivity index (χ0n) is 16.2. The second-order valence-electron chi connectivity index (χ2n) is 6.55. The molecule has 0 saturated heterocycles. The SMILES string of the molecule is CCOc1c(C)cnc(CC(C)(O)c2nc3ccccc3[nH]2)c1C.O=C(F)F. The van der Waals surface area contributed by atoms with Crippen molar-refractivity contribution in [3.05, 3.63) is 53.1 Å². The summed E-state index contributed by atoms with van der Waals surface area (Å²) in [5.74, 6) is 1.39. The van der Waals surface area contributed by atoms with Crippen LogP contribution in [0.4, 0.5) is 13.6 Å². The Labute approximate surface area is 161 Å². The number of hydrogen-bond acceptors (Lipinski definition) is 5. The normalized spacial score (nSPS) is 12.8. The van der Waals surface area contributed by atoms with Gasteiger partial charge in [0, 0.05) is 23.7 Å². The molecule has 0 aliphatic heterocycles. The highest BCUT2D eigenvalue weighted by molar-refractivity contribution is 5.74. The highest BCUT2D eigenvalue weighted by Gasteiger charge is 2.29. The number of ether oxygens (including phenoxy) is 1.